The second-order valence-corrected chi connectivity index (χ2v) is 12.4. The van der Waals surface area contributed by atoms with Crippen molar-refractivity contribution < 1.29 is 33.5 Å². The lowest BCUT2D eigenvalue weighted by Crippen LogP contribution is -2.64. The number of rotatable bonds is 6. The normalized spacial score (nSPS) is 23.3. The minimum atomic E-state index is -1.25. The third-order valence-electron chi connectivity index (χ3n) is 8.63. The molecule has 13 heteroatoms. The van der Waals surface area contributed by atoms with Crippen molar-refractivity contribution in [2.45, 2.75) is 89.3 Å². The van der Waals surface area contributed by atoms with Gasteiger partial charge in [0.2, 0.25) is 29.5 Å². The molecular formula is C32H46N6O7. The van der Waals surface area contributed by atoms with Gasteiger partial charge in [0.15, 0.2) is 0 Å². The molecule has 6 amide bonds. The van der Waals surface area contributed by atoms with E-state index in [0.29, 0.717) is 51.6 Å². The zero-order chi connectivity index (χ0) is 32.4. The number of amides is 6. The number of carbonyl (C=O) groups excluding carboxylic acids is 6. The first kappa shape index (κ1) is 33.7. The van der Waals surface area contributed by atoms with Gasteiger partial charge >= 0.3 is 0 Å². The number of fused-ring (bicyclic) bond motifs is 1. The Morgan fingerprint density at radius 1 is 1.04 bits per heavy atom. The highest BCUT2D eigenvalue weighted by Gasteiger charge is 2.43. The first-order chi connectivity index (χ1) is 21.6. The average Bonchev–Trinajstić information content (AvgIpc) is 3.43. The predicted octanol–water partition coefficient (Wildman–Crippen LogP) is 0.772. The Balaban J connectivity index is 1.56. The molecule has 5 N–H and O–H groups in total. The van der Waals surface area contributed by atoms with Crippen LogP contribution in [0.1, 0.15) is 82.0 Å². The van der Waals surface area contributed by atoms with Crippen LogP contribution in [0.5, 0.6) is 5.75 Å². The van der Waals surface area contributed by atoms with Gasteiger partial charge in [0.1, 0.15) is 30.0 Å². The van der Waals surface area contributed by atoms with E-state index in [0.717, 1.165) is 12.8 Å². The minimum absolute atomic E-state index is 0.0577. The SMILES string of the molecule is CC(C)[C@H]1NC(=O)C2(CCCCC2)NC(=O)C[C@@H](C(=O)NCCCN2CCCC2=O)NC(=O)c2ccccc2OCCNC1=O. The number of hydrogen-bond donors (Lipinski definition) is 5. The quantitative estimate of drug-likeness (QED) is 0.290. The monoisotopic (exact) mass is 626 g/mol. The summed E-state index contributed by atoms with van der Waals surface area (Å²) in [6.45, 7) is 5.30. The van der Waals surface area contributed by atoms with E-state index in [4.69, 9.17) is 4.74 Å². The summed E-state index contributed by atoms with van der Waals surface area (Å²) in [6.07, 6.45) is 4.56. The molecule has 13 nitrogen and oxygen atoms in total. The van der Waals surface area contributed by atoms with Gasteiger partial charge in [-0.1, -0.05) is 45.2 Å². The Hall–Kier alpha value is -4.16. The van der Waals surface area contributed by atoms with Crippen LogP contribution >= 0.6 is 0 Å². The van der Waals surface area contributed by atoms with E-state index in [2.05, 4.69) is 26.6 Å². The summed E-state index contributed by atoms with van der Waals surface area (Å²) in [5.41, 5.74) is -1.08. The third kappa shape index (κ3) is 8.95. The highest BCUT2D eigenvalue weighted by Crippen LogP contribution is 2.29. The fourth-order valence-electron chi connectivity index (χ4n) is 6.10. The van der Waals surface area contributed by atoms with Gasteiger partial charge in [0, 0.05) is 26.1 Å². The molecule has 2 aliphatic heterocycles. The molecule has 2 atom stereocenters. The number of para-hydroxylation sites is 1. The summed E-state index contributed by atoms with van der Waals surface area (Å²) in [5.74, 6) is -2.44. The number of hydrogen-bond acceptors (Lipinski definition) is 7. The van der Waals surface area contributed by atoms with Crippen molar-refractivity contribution in [1.82, 2.24) is 31.5 Å². The maximum atomic E-state index is 13.8. The fraction of sp³-hybridized carbons (Fsp3) is 0.625. The molecular weight excluding hydrogens is 580 g/mol. The lowest BCUT2D eigenvalue weighted by molar-refractivity contribution is -0.138. The van der Waals surface area contributed by atoms with Crippen molar-refractivity contribution in [3.05, 3.63) is 29.8 Å². The molecule has 1 aromatic rings. The van der Waals surface area contributed by atoms with Crippen molar-refractivity contribution in [3.8, 4) is 5.75 Å². The minimum Gasteiger partial charge on any atom is -0.491 e. The lowest BCUT2D eigenvalue weighted by Gasteiger charge is -2.38. The smallest absolute Gasteiger partial charge is 0.255 e. The lowest BCUT2D eigenvalue weighted by atomic mass is 9.80. The van der Waals surface area contributed by atoms with Crippen LogP contribution in [0.25, 0.3) is 0 Å². The second kappa shape index (κ2) is 15.7. The molecule has 0 aromatic heterocycles. The van der Waals surface area contributed by atoms with Crippen molar-refractivity contribution in [1.29, 1.82) is 0 Å². The van der Waals surface area contributed by atoms with Crippen LogP contribution in [0.15, 0.2) is 24.3 Å². The van der Waals surface area contributed by atoms with Gasteiger partial charge in [-0.25, -0.2) is 0 Å². The maximum absolute atomic E-state index is 13.8. The first-order valence-corrected chi connectivity index (χ1v) is 16.1. The fourth-order valence-corrected chi connectivity index (χ4v) is 6.10. The number of nitrogens with one attached hydrogen (secondary N) is 5. The van der Waals surface area contributed by atoms with Crippen LogP contribution in [0.2, 0.25) is 0 Å². The molecule has 3 aliphatic rings. The van der Waals surface area contributed by atoms with Gasteiger partial charge < -0.3 is 36.2 Å². The van der Waals surface area contributed by atoms with Gasteiger partial charge in [0.05, 0.1) is 18.5 Å². The van der Waals surface area contributed by atoms with E-state index in [-0.39, 0.29) is 48.7 Å². The molecule has 1 aliphatic carbocycles. The van der Waals surface area contributed by atoms with E-state index in [1.807, 2.05) is 13.8 Å². The van der Waals surface area contributed by atoms with Gasteiger partial charge in [-0.3, -0.25) is 28.8 Å². The molecule has 4 rings (SSSR count). The maximum Gasteiger partial charge on any atom is 0.255 e. The topological polar surface area (TPSA) is 175 Å². The van der Waals surface area contributed by atoms with Crippen LogP contribution in [0.4, 0.5) is 0 Å². The number of ether oxygens (including phenoxy) is 1. The van der Waals surface area contributed by atoms with Gasteiger partial charge in [-0.15, -0.1) is 0 Å². The van der Waals surface area contributed by atoms with E-state index >= 15 is 0 Å². The van der Waals surface area contributed by atoms with Crippen molar-refractivity contribution in [2.75, 3.05) is 32.8 Å². The average molecular weight is 627 g/mol. The summed E-state index contributed by atoms with van der Waals surface area (Å²) in [7, 11) is 0. The third-order valence-corrected chi connectivity index (χ3v) is 8.63. The summed E-state index contributed by atoms with van der Waals surface area (Å²) in [4.78, 5) is 80.9. The van der Waals surface area contributed by atoms with Gasteiger partial charge in [0.25, 0.3) is 5.91 Å². The zero-order valence-corrected chi connectivity index (χ0v) is 26.2. The number of carbonyl (C=O) groups is 6. The van der Waals surface area contributed by atoms with E-state index in [9.17, 15) is 28.8 Å². The van der Waals surface area contributed by atoms with Crippen LogP contribution in [-0.2, 0) is 24.0 Å². The first-order valence-electron chi connectivity index (χ1n) is 16.1. The van der Waals surface area contributed by atoms with Crippen LogP contribution in [-0.4, -0.2) is 90.8 Å². The summed E-state index contributed by atoms with van der Waals surface area (Å²) in [6, 6.07) is 4.43. The van der Waals surface area contributed by atoms with Gasteiger partial charge in [-0.2, -0.15) is 0 Å². The molecule has 1 aromatic carbocycles. The molecule has 2 heterocycles. The Bertz CT molecular complexity index is 1260. The standard InChI is InChI=1S/C32H46N6O7/c1-21(2)27-30(43)34-16-19-45-24-11-5-4-10-22(24)28(41)35-23(29(42)33-15-9-18-38-17-8-12-26(38)40)20-25(39)37-32(31(44)36-27)13-6-3-7-14-32/h4-5,10-11,21,23,27H,3,6-9,12-20H2,1-2H3,(H,33,42)(H,34,43)(H,35,41)(H,36,44)(H,37,39)/t23-,27+/m0/s1. The van der Waals surface area contributed by atoms with Crippen LogP contribution < -0.4 is 31.3 Å². The molecule has 0 radical (unpaired) electrons. The number of benzene rings is 1. The number of likely N-dealkylation sites (tertiary alicyclic amines) is 1. The summed E-state index contributed by atoms with van der Waals surface area (Å²) in [5, 5.41) is 14.1. The molecule has 0 unspecified atom stereocenters. The molecule has 0 bridgehead atoms. The molecule has 1 saturated carbocycles. The van der Waals surface area contributed by atoms with Gasteiger partial charge in [-0.05, 0) is 43.7 Å². The summed E-state index contributed by atoms with van der Waals surface area (Å²) >= 11 is 0. The van der Waals surface area contributed by atoms with E-state index in [1.54, 1.807) is 29.2 Å². The van der Waals surface area contributed by atoms with Crippen LogP contribution in [0.3, 0.4) is 0 Å². The molecule has 2 fully saturated rings. The second-order valence-electron chi connectivity index (χ2n) is 12.4. The Kier molecular flexibility index (Phi) is 11.8. The molecule has 1 saturated heterocycles. The largest absolute Gasteiger partial charge is 0.491 e. The molecule has 45 heavy (non-hydrogen) atoms. The van der Waals surface area contributed by atoms with E-state index < -0.39 is 47.7 Å². The van der Waals surface area contributed by atoms with Crippen molar-refractivity contribution in [2.24, 2.45) is 5.92 Å². The Morgan fingerprint density at radius 2 is 1.80 bits per heavy atom. The zero-order valence-electron chi connectivity index (χ0n) is 26.2. The number of nitrogens with zero attached hydrogens (tertiary/aromatic N) is 1. The van der Waals surface area contributed by atoms with Crippen molar-refractivity contribution >= 4 is 35.4 Å². The van der Waals surface area contributed by atoms with Crippen molar-refractivity contribution in [3.63, 3.8) is 0 Å². The highest BCUT2D eigenvalue weighted by atomic mass is 16.5. The summed E-state index contributed by atoms with van der Waals surface area (Å²) < 4.78 is 5.82. The predicted molar refractivity (Wildman–Crippen MR) is 165 cm³/mol. The molecule has 1 spiro atoms. The Morgan fingerprint density at radius 3 is 2.51 bits per heavy atom. The van der Waals surface area contributed by atoms with Crippen LogP contribution in [0, 0.1) is 5.92 Å². The van der Waals surface area contributed by atoms with E-state index in [1.165, 1.54) is 0 Å². The highest BCUT2D eigenvalue weighted by molar-refractivity contribution is 6.01. The molecule has 246 valence electrons. The Labute approximate surface area is 263 Å².